The molecule has 4 aromatic rings. The molecule has 0 radical (unpaired) electrons. The van der Waals surface area contributed by atoms with Crippen molar-refractivity contribution in [1.29, 1.82) is 0 Å². The standard InChI is InChI=1S/C23H27N7OS/c1-23(2,3)21-25-16(15-32-21)14-28-9-11-29(12-10-28)22-26-19-18(20(31)27-22)13-24-30(19)17-7-5-4-6-8-17/h4-8,13,15H,9-12,14H2,1-3H3,(H,26,27,31). The fourth-order valence-electron chi connectivity index (χ4n) is 3.89. The predicted molar refractivity (Wildman–Crippen MR) is 128 cm³/mol. The summed E-state index contributed by atoms with van der Waals surface area (Å²) in [5.41, 5.74) is 2.52. The van der Waals surface area contributed by atoms with E-state index in [1.165, 1.54) is 5.01 Å². The lowest BCUT2D eigenvalue weighted by molar-refractivity contribution is 0.246. The van der Waals surface area contributed by atoms with Gasteiger partial charge in [-0.1, -0.05) is 39.0 Å². The number of H-pyrrole nitrogens is 1. The maximum atomic E-state index is 12.7. The van der Waals surface area contributed by atoms with Gasteiger partial charge >= 0.3 is 0 Å². The van der Waals surface area contributed by atoms with Gasteiger partial charge in [0.25, 0.3) is 5.56 Å². The number of thiazole rings is 1. The highest BCUT2D eigenvalue weighted by Gasteiger charge is 2.23. The molecule has 0 atom stereocenters. The van der Waals surface area contributed by atoms with Crippen LogP contribution >= 0.6 is 11.3 Å². The van der Waals surface area contributed by atoms with Crippen LogP contribution < -0.4 is 10.5 Å². The van der Waals surface area contributed by atoms with Gasteiger partial charge in [-0.2, -0.15) is 10.1 Å². The molecule has 9 heteroatoms. The molecular formula is C23H27N7OS. The molecule has 1 N–H and O–H groups in total. The average Bonchev–Trinajstić information content (AvgIpc) is 3.42. The van der Waals surface area contributed by atoms with Gasteiger partial charge in [0.2, 0.25) is 5.95 Å². The van der Waals surface area contributed by atoms with Gasteiger partial charge in [0.15, 0.2) is 5.65 Å². The highest BCUT2D eigenvalue weighted by Crippen LogP contribution is 2.26. The number of anilines is 1. The number of piperazine rings is 1. The Bertz CT molecular complexity index is 1280. The van der Waals surface area contributed by atoms with Gasteiger partial charge in [-0.25, -0.2) is 9.67 Å². The number of aromatic amines is 1. The molecule has 4 heterocycles. The van der Waals surface area contributed by atoms with Crippen molar-refractivity contribution in [3.8, 4) is 5.69 Å². The number of nitrogens with one attached hydrogen (secondary N) is 1. The van der Waals surface area contributed by atoms with Gasteiger partial charge < -0.3 is 4.90 Å². The quantitative estimate of drug-likeness (QED) is 0.515. The van der Waals surface area contributed by atoms with Crippen molar-refractivity contribution >= 4 is 28.3 Å². The van der Waals surface area contributed by atoms with Crippen molar-refractivity contribution in [2.75, 3.05) is 31.1 Å². The topological polar surface area (TPSA) is 82.9 Å². The Morgan fingerprint density at radius 3 is 2.50 bits per heavy atom. The van der Waals surface area contributed by atoms with Crippen LogP contribution in [-0.4, -0.2) is 55.8 Å². The second kappa shape index (κ2) is 8.14. The zero-order valence-corrected chi connectivity index (χ0v) is 19.4. The number of hydrogen-bond donors (Lipinski definition) is 1. The van der Waals surface area contributed by atoms with Gasteiger partial charge in [0.05, 0.1) is 22.6 Å². The molecule has 3 aromatic heterocycles. The second-order valence-electron chi connectivity index (χ2n) is 9.18. The van der Waals surface area contributed by atoms with Gasteiger partial charge in [0.1, 0.15) is 5.39 Å². The van der Waals surface area contributed by atoms with Crippen LogP contribution in [0.25, 0.3) is 16.7 Å². The van der Waals surface area contributed by atoms with E-state index in [4.69, 9.17) is 9.97 Å². The normalized spacial score (nSPS) is 15.5. The fraction of sp³-hybridized carbons (Fsp3) is 0.391. The summed E-state index contributed by atoms with van der Waals surface area (Å²) >= 11 is 1.74. The lowest BCUT2D eigenvalue weighted by atomic mass is 9.98. The second-order valence-corrected chi connectivity index (χ2v) is 10.0. The Morgan fingerprint density at radius 2 is 1.81 bits per heavy atom. The van der Waals surface area contributed by atoms with Crippen LogP contribution in [0.5, 0.6) is 0 Å². The molecule has 0 aliphatic carbocycles. The number of benzene rings is 1. The number of aromatic nitrogens is 5. The molecule has 32 heavy (non-hydrogen) atoms. The van der Waals surface area contributed by atoms with E-state index in [0.29, 0.717) is 17.0 Å². The third-order valence-electron chi connectivity index (χ3n) is 5.68. The molecule has 0 unspecified atom stereocenters. The first kappa shape index (κ1) is 20.8. The van der Waals surface area contributed by atoms with Crippen molar-refractivity contribution in [2.45, 2.75) is 32.7 Å². The molecule has 1 aromatic carbocycles. The van der Waals surface area contributed by atoms with Crippen molar-refractivity contribution in [1.82, 2.24) is 29.6 Å². The molecule has 1 aliphatic heterocycles. The number of nitrogens with zero attached hydrogens (tertiary/aromatic N) is 6. The highest BCUT2D eigenvalue weighted by atomic mass is 32.1. The van der Waals surface area contributed by atoms with E-state index in [-0.39, 0.29) is 11.0 Å². The summed E-state index contributed by atoms with van der Waals surface area (Å²) in [6.45, 7) is 10.8. The third-order valence-corrected chi connectivity index (χ3v) is 6.99. The summed E-state index contributed by atoms with van der Waals surface area (Å²) in [6.07, 6.45) is 1.58. The number of fused-ring (bicyclic) bond motifs is 1. The molecule has 0 spiro atoms. The summed E-state index contributed by atoms with van der Waals surface area (Å²) in [6, 6.07) is 9.76. The lowest BCUT2D eigenvalue weighted by Crippen LogP contribution is -2.47. The van der Waals surface area contributed by atoms with Crippen LogP contribution in [0, 0.1) is 0 Å². The van der Waals surface area contributed by atoms with E-state index in [9.17, 15) is 4.79 Å². The van der Waals surface area contributed by atoms with Gasteiger partial charge in [-0.15, -0.1) is 11.3 Å². The van der Waals surface area contributed by atoms with Crippen molar-refractivity contribution < 1.29 is 0 Å². The summed E-state index contributed by atoms with van der Waals surface area (Å²) in [4.78, 5) is 29.8. The first-order chi connectivity index (χ1) is 15.4. The van der Waals surface area contributed by atoms with Crippen LogP contribution in [0.3, 0.4) is 0 Å². The summed E-state index contributed by atoms with van der Waals surface area (Å²) in [5, 5.41) is 8.24. The van der Waals surface area contributed by atoms with Crippen molar-refractivity contribution in [2.24, 2.45) is 0 Å². The largest absolute Gasteiger partial charge is 0.340 e. The Balaban J connectivity index is 1.32. The predicted octanol–water partition coefficient (Wildman–Crippen LogP) is 3.19. The van der Waals surface area contributed by atoms with E-state index >= 15 is 0 Å². The van der Waals surface area contributed by atoms with E-state index in [1.54, 1.807) is 22.2 Å². The first-order valence-electron chi connectivity index (χ1n) is 10.8. The SMILES string of the molecule is CC(C)(C)c1nc(CN2CCN(c3nc4c(cnn4-c4ccccc4)c(=O)[nH]3)CC2)cs1. The van der Waals surface area contributed by atoms with Crippen LogP contribution in [0.2, 0.25) is 0 Å². The van der Waals surface area contributed by atoms with Gasteiger partial charge in [-0.05, 0) is 12.1 Å². The molecule has 5 rings (SSSR count). The Hall–Kier alpha value is -3.04. The molecule has 8 nitrogen and oxygen atoms in total. The minimum atomic E-state index is -0.160. The minimum Gasteiger partial charge on any atom is -0.340 e. The van der Waals surface area contributed by atoms with Crippen LogP contribution in [-0.2, 0) is 12.0 Å². The molecule has 0 amide bonds. The zero-order chi connectivity index (χ0) is 22.3. The Kier molecular flexibility index (Phi) is 5.30. The fourth-order valence-corrected chi connectivity index (χ4v) is 4.78. The van der Waals surface area contributed by atoms with Crippen LogP contribution in [0.15, 0.2) is 46.7 Å². The Labute approximate surface area is 190 Å². The molecule has 1 fully saturated rings. The summed E-state index contributed by atoms with van der Waals surface area (Å²) in [5.74, 6) is 0.600. The monoisotopic (exact) mass is 449 g/mol. The highest BCUT2D eigenvalue weighted by molar-refractivity contribution is 7.09. The van der Waals surface area contributed by atoms with E-state index in [2.05, 4.69) is 46.0 Å². The number of rotatable bonds is 4. The zero-order valence-electron chi connectivity index (χ0n) is 18.6. The summed E-state index contributed by atoms with van der Waals surface area (Å²) < 4.78 is 1.72. The van der Waals surface area contributed by atoms with Crippen molar-refractivity contribution in [3.05, 3.63) is 63.0 Å². The average molecular weight is 450 g/mol. The summed E-state index contributed by atoms with van der Waals surface area (Å²) in [7, 11) is 0. The molecule has 0 bridgehead atoms. The van der Waals surface area contributed by atoms with Crippen LogP contribution in [0.4, 0.5) is 5.95 Å². The maximum absolute atomic E-state index is 12.7. The van der Waals surface area contributed by atoms with E-state index in [0.717, 1.165) is 44.1 Å². The maximum Gasteiger partial charge on any atom is 0.263 e. The minimum absolute atomic E-state index is 0.0874. The van der Waals surface area contributed by atoms with E-state index in [1.807, 2.05) is 30.3 Å². The first-order valence-corrected chi connectivity index (χ1v) is 11.7. The van der Waals surface area contributed by atoms with Crippen LogP contribution in [0.1, 0.15) is 31.5 Å². The van der Waals surface area contributed by atoms with E-state index < -0.39 is 0 Å². The third kappa shape index (κ3) is 4.05. The molecule has 1 aliphatic rings. The lowest BCUT2D eigenvalue weighted by Gasteiger charge is -2.34. The van der Waals surface area contributed by atoms with Gasteiger partial charge in [0, 0.05) is 43.5 Å². The Morgan fingerprint density at radius 1 is 1.06 bits per heavy atom. The molecule has 0 saturated carbocycles. The smallest absolute Gasteiger partial charge is 0.263 e. The molecular weight excluding hydrogens is 422 g/mol. The number of hydrogen-bond acceptors (Lipinski definition) is 7. The molecule has 166 valence electrons. The van der Waals surface area contributed by atoms with Gasteiger partial charge in [-0.3, -0.25) is 14.7 Å². The number of para-hydroxylation sites is 1. The molecule has 1 saturated heterocycles. The van der Waals surface area contributed by atoms with Crippen molar-refractivity contribution in [3.63, 3.8) is 0 Å².